The first kappa shape index (κ1) is 20.0. The number of hydrogen-bond acceptors (Lipinski definition) is 3. The van der Waals surface area contributed by atoms with E-state index < -0.39 is 5.54 Å². The van der Waals surface area contributed by atoms with Crippen molar-refractivity contribution < 1.29 is 4.79 Å². The van der Waals surface area contributed by atoms with Crippen molar-refractivity contribution in [3.05, 3.63) is 0 Å². The van der Waals surface area contributed by atoms with Gasteiger partial charge in [-0.25, -0.2) is 0 Å². The van der Waals surface area contributed by atoms with Crippen LogP contribution in [0, 0.1) is 5.92 Å². The van der Waals surface area contributed by atoms with Gasteiger partial charge in [0.2, 0.25) is 5.91 Å². The largest absolute Gasteiger partial charge is 0.353 e. The lowest BCUT2D eigenvalue weighted by atomic mass is 9.83. The Morgan fingerprint density at radius 3 is 2.25 bits per heavy atom. The molecule has 6 heteroatoms. The summed E-state index contributed by atoms with van der Waals surface area (Å²) in [5.41, 5.74) is 5.37. The molecule has 0 bridgehead atoms. The van der Waals surface area contributed by atoms with Crippen LogP contribution < -0.4 is 11.1 Å². The number of rotatable bonds is 5. The molecule has 2 aliphatic carbocycles. The average Bonchev–Trinajstić information content (AvgIpc) is 3.10. The first-order valence-corrected chi connectivity index (χ1v) is 7.26. The van der Waals surface area contributed by atoms with E-state index in [1.807, 2.05) is 0 Å². The van der Waals surface area contributed by atoms with Gasteiger partial charge < -0.3 is 16.0 Å². The smallest absolute Gasteiger partial charge is 0.240 e. The van der Waals surface area contributed by atoms with Crippen molar-refractivity contribution in [3.8, 4) is 0 Å². The summed E-state index contributed by atoms with van der Waals surface area (Å²) in [5.74, 6) is 0.770. The summed E-state index contributed by atoms with van der Waals surface area (Å²) in [4.78, 5) is 14.1. The maximum Gasteiger partial charge on any atom is 0.240 e. The van der Waals surface area contributed by atoms with Gasteiger partial charge in [-0.15, -0.1) is 24.8 Å². The fourth-order valence-electron chi connectivity index (χ4n) is 3.02. The van der Waals surface area contributed by atoms with Gasteiger partial charge in [-0.05, 0) is 45.7 Å². The molecule has 0 aromatic rings. The molecule has 3 N–H and O–H groups in total. The van der Waals surface area contributed by atoms with E-state index in [9.17, 15) is 4.79 Å². The number of nitrogens with one attached hydrogen (secondary N) is 1. The SMILES string of the molecule is CN(C)C(CNC(=O)C1(N)CC1)C1CCCCC1.Cl.Cl. The molecule has 0 aliphatic heterocycles. The van der Waals surface area contributed by atoms with E-state index in [4.69, 9.17) is 5.73 Å². The number of nitrogens with two attached hydrogens (primary N) is 1. The molecule has 0 aromatic carbocycles. The molecule has 1 unspecified atom stereocenters. The fourth-order valence-corrected chi connectivity index (χ4v) is 3.02. The van der Waals surface area contributed by atoms with Gasteiger partial charge in [0.15, 0.2) is 0 Å². The van der Waals surface area contributed by atoms with Crippen LogP contribution in [0.15, 0.2) is 0 Å². The van der Waals surface area contributed by atoms with Crippen molar-refractivity contribution >= 4 is 30.7 Å². The van der Waals surface area contributed by atoms with Crippen LogP contribution in [-0.4, -0.2) is 43.0 Å². The summed E-state index contributed by atoms with van der Waals surface area (Å²) in [6, 6.07) is 0.455. The quantitative estimate of drug-likeness (QED) is 0.812. The second-order valence-electron chi connectivity index (χ2n) is 6.30. The van der Waals surface area contributed by atoms with Crippen molar-refractivity contribution in [3.63, 3.8) is 0 Å². The zero-order valence-corrected chi connectivity index (χ0v) is 14.2. The Morgan fingerprint density at radius 2 is 1.80 bits per heavy atom. The van der Waals surface area contributed by atoms with Crippen LogP contribution in [0.25, 0.3) is 0 Å². The standard InChI is InChI=1S/C14H27N3O.2ClH/c1-17(2)12(11-6-4-3-5-7-11)10-16-13(18)14(15)8-9-14;;/h11-12H,3-10,15H2,1-2H3,(H,16,18);2*1H. The van der Waals surface area contributed by atoms with E-state index in [0.29, 0.717) is 6.04 Å². The minimum absolute atomic E-state index is 0. The van der Waals surface area contributed by atoms with Gasteiger partial charge in [-0.3, -0.25) is 4.79 Å². The molecule has 0 aromatic heterocycles. The summed E-state index contributed by atoms with van der Waals surface area (Å²) in [6.07, 6.45) is 8.32. The molecule has 4 nitrogen and oxygen atoms in total. The predicted molar refractivity (Wildman–Crippen MR) is 87.7 cm³/mol. The minimum Gasteiger partial charge on any atom is -0.353 e. The van der Waals surface area contributed by atoms with Gasteiger partial charge in [0, 0.05) is 12.6 Å². The Labute approximate surface area is 135 Å². The van der Waals surface area contributed by atoms with E-state index in [-0.39, 0.29) is 30.7 Å². The summed E-state index contributed by atoms with van der Waals surface area (Å²) in [6.45, 7) is 0.745. The molecule has 0 spiro atoms. The van der Waals surface area contributed by atoms with E-state index >= 15 is 0 Å². The lowest BCUT2D eigenvalue weighted by molar-refractivity contribution is -0.123. The lowest BCUT2D eigenvalue weighted by Gasteiger charge is -2.35. The van der Waals surface area contributed by atoms with Gasteiger partial charge in [-0.1, -0.05) is 19.3 Å². The summed E-state index contributed by atoms with van der Waals surface area (Å²) in [5, 5.41) is 3.06. The van der Waals surface area contributed by atoms with Gasteiger partial charge >= 0.3 is 0 Å². The van der Waals surface area contributed by atoms with Crippen molar-refractivity contribution in [2.45, 2.75) is 56.5 Å². The molecule has 120 valence electrons. The number of hydrogen-bond donors (Lipinski definition) is 2. The minimum atomic E-state index is -0.538. The third-order valence-electron chi connectivity index (χ3n) is 4.57. The van der Waals surface area contributed by atoms with Gasteiger partial charge in [-0.2, -0.15) is 0 Å². The maximum absolute atomic E-state index is 11.9. The highest BCUT2D eigenvalue weighted by molar-refractivity contribution is 5.89. The highest BCUT2D eigenvalue weighted by Gasteiger charge is 2.46. The van der Waals surface area contributed by atoms with Crippen LogP contribution in [0.5, 0.6) is 0 Å². The number of likely N-dealkylation sites (N-methyl/N-ethyl adjacent to an activating group) is 1. The van der Waals surface area contributed by atoms with Gasteiger partial charge in [0.1, 0.15) is 0 Å². The Hall–Kier alpha value is -0.0300. The third kappa shape index (κ3) is 5.06. The monoisotopic (exact) mass is 325 g/mol. The number of amides is 1. The number of nitrogens with zero attached hydrogens (tertiary/aromatic N) is 1. The lowest BCUT2D eigenvalue weighted by Crippen LogP contribution is -2.50. The van der Waals surface area contributed by atoms with E-state index in [0.717, 1.165) is 25.3 Å². The van der Waals surface area contributed by atoms with Crippen molar-refractivity contribution in [1.82, 2.24) is 10.2 Å². The topological polar surface area (TPSA) is 58.4 Å². The molecule has 0 saturated heterocycles. The molecule has 20 heavy (non-hydrogen) atoms. The molecule has 0 radical (unpaired) electrons. The highest BCUT2D eigenvalue weighted by atomic mass is 35.5. The highest BCUT2D eigenvalue weighted by Crippen LogP contribution is 2.32. The van der Waals surface area contributed by atoms with Crippen molar-refractivity contribution in [2.24, 2.45) is 11.7 Å². The fraction of sp³-hybridized carbons (Fsp3) is 0.929. The molecular weight excluding hydrogens is 297 g/mol. The van der Waals surface area contributed by atoms with Gasteiger partial charge in [0.25, 0.3) is 0 Å². The van der Waals surface area contributed by atoms with E-state index in [2.05, 4.69) is 24.3 Å². The molecule has 2 aliphatic rings. The Morgan fingerprint density at radius 1 is 1.25 bits per heavy atom. The maximum atomic E-state index is 11.9. The molecule has 1 amide bonds. The van der Waals surface area contributed by atoms with Crippen LogP contribution in [0.3, 0.4) is 0 Å². The molecule has 2 fully saturated rings. The summed E-state index contributed by atoms with van der Waals surface area (Å²) >= 11 is 0. The Bertz CT molecular complexity index is 303. The predicted octanol–water partition coefficient (Wildman–Crippen LogP) is 1.95. The van der Waals surface area contributed by atoms with Gasteiger partial charge in [0.05, 0.1) is 5.54 Å². The summed E-state index contributed by atoms with van der Waals surface area (Å²) in [7, 11) is 4.22. The first-order chi connectivity index (χ1) is 8.53. The van der Waals surface area contributed by atoms with Crippen LogP contribution >= 0.6 is 24.8 Å². The Balaban J connectivity index is 0.00000180. The van der Waals surface area contributed by atoms with Crippen molar-refractivity contribution in [2.75, 3.05) is 20.6 Å². The van der Waals surface area contributed by atoms with Crippen LogP contribution in [0.2, 0.25) is 0 Å². The number of halogens is 2. The third-order valence-corrected chi connectivity index (χ3v) is 4.57. The molecular formula is C14H29Cl2N3O. The van der Waals surface area contributed by atoms with E-state index in [1.54, 1.807) is 0 Å². The zero-order chi connectivity index (χ0) is 13.2. The zero-order valence-electron chi connectivity index (χ0n) is 12.6. The number of carbonyl (C=O) groups is 1. The van der Waals surface area contributed by atoms with Crippen LogP contribution in [0.1, 0.15) is 44.9 Å². The normalized spacial score (nSPS) is 22.4. The number of carbonyl (C=O) groups excluding carboxylic acids is 1. The average molecular weight is 326 g/mol. The first-order valence-electron chi connectivity index (χ1n) is 7.26. The molecule has 0 heterocycles. The van der Waals surface area contributed by atoms with Crippen molar-refractivity contribution in [1.29, 1.82) is 0 Å². The second-order valence-corrected chi connectivity index (χ2v) is 6.30. The second kappa shape index (κ2) is 8.42. The van der Waals surface area contributed by atoms with Crippen LogP contribution in [-0.2, 0) is 4.79 Å². The molecule has 2 rings (SSSR count). The summed E-state index contributed by atoms with van der Waals surface area (Å²) < 4.78 is 0. The van der Waals surface area contributed by atoms with E-state index in [1.165, 1.54) is 32.1 Å². The van der Waals surface area contributed by atoms with Crippen LogP contribution in [0.4, 0.5) is 0 Å². The molecule has 2 saturated carbocycles. The molecule has 1 atom stereocenters. The Kier molecular flexibility index (Phi) is 8.41.